The lowest BCUT2D eigenvalue weighted by molar-refractivity contribution is -0.192. The van der Waals surface area contributed by atoms with E-state index in [2.05, 4.69) is 9.36 Å². The molecule has 0 radical (unpaired) electrons. The van der Waals surface area contributed by atoms with Gasteiger partial charge in [0.05, 0.1) is 5.56 Å². The maximum atomic E-state index is 10.6. The number of para-hydroxylation sites is 1. The van der Waals surface area contributed by atoms with Gasteiger partial charge in [0, 0.05) is 0 Å². The first-order valence-corrected chi connectivity index (χ1v) is 5.45. The van der Waals surface area contributed by atoms with Crippen molar-refractivity contribution >= 4 is 17.5 Å². The standard InChI is InChI=1S/C8H6N2OS.C2HF3O2/c11-7-4-2-1-3-6(7)8-9-5-10-12-8;3-2(4,5)1(6)7/h1-5,11H;(H,6,7). The van der Waals surface area contributed by atoms with Gasteiger partial charge >= 0.3 is 12.1 Å². The Labute approximate surface area is 109 Å². The molecular weight excluding hydrogens is 285 g/mol. The van der Waals surface area contributed by atoms with E-state index in [1.165, 1.54) is 17.9 Å². The third-order valence-electron chi connectivity index (χ3n) is 1.74. The Morgan fingerprint density at radius 2 is 1.84 bits per heavy atom. The number of carboxylic acids is 1. The number of phenols is 1. The molecule has 0 fully saturated rings. The number of benzene rings is 1. The number of carbonyl (C=O) groups is 1. The van der Waals surface area contributed by atoms with Crippen LogP contribution in [0.3, 0.4) is 0 Å². The zero-order valence-electron chi connectivity index (χ0n) is 9.13. The molecule has 0 amide bonds. The van der Waals surface area contributed by atoms with Crippen molar-refractivity contribution in [3.05, 3.63) is 30.6 Å². The molecule has 0 unspecified atom stereocenters. The van der Waals surface area contributed by atoms with Crippen LogP contribution in [-0.2, 0) is 4.79 Å². The molecule has 0 saturated carbocycles. The van der Waals surface area contributed by atoms with Crippen molar-refractivity contribution in [3.8, 4) is 16.3 Å². The summed E-state index contributed by atoms with van der Waals surface area (Å²) in [7, 11) is 0. The van der Waals surface area contributed by atoms with Gasteiger partial charge in [-0.1, -0.05) is 12.1 Å². The number of rotatable bonds is 1. The Bertz CT molecular complexity index is 543. The summed E-state index contributed by atoms with van der Waals surface area (Å²) in [6, 6.07) is 7.09. The number of aromatic hydroxyl groups is 1. The van der Waals surface area contributed by atoms with E-state index < -0.39 is 12.1 Å². The molecule has 0 atom stereocenters. The maximum absolute atomic E-state index is 10.6. The van der Waals surface area contributed by atoms with Crippen LogP contribution in [0.1, 0.15) is 0 Å². The van der Waals surface area contributed by atoms with Gasteiger partial charge in [-0.25, -0.2) is 9.78 Å². The molecule has 2 N–H and O–H groups in total. The largest absolute Gasteiger partial charge is 0.507 e. The Kier molecular flexibility index (Phi) is 4.81. The average molecular weight is 292 g/mol. The summed E-state index contributed by atoms with van der Waals surface area (Å²) in [5.74, 6) is -2.51. The smallest absolute Gasteiger partial charge is 0.490 e. The number of alkyl halides is 3. The average Bonchev–Trinajstić information content (AvgIpc) is 2.82. The molecule has 2 rings (SSSR count). The first-order valence-electron chi connectivity index (χ1n) is 4.67. The van der Waals surface area contributed by atoms with Crippen LogP contribution in [-0.4, -0.2) is 31.7 Å². The quantitative estimate of drug-likeness (QED) is 0.844. The number of phenolic OH excluding ortho intramolecular Hbond substituents is 1. The van der Waals surface area contributed by atoms with Gasteiger partial charge < -0.3 is 10.2 Å². The number of halogens is 3. The van der Waals surface area contributed by atoms with Crippen molar-refractivity contribution in [2.24, 2.45) is 0 Å². The molecule has 0 aliphatic rings. The van der Waals surface area contributed by atoms with E-state index in [1.54, 1.807) is 12.1 Å². The van der Waals surface area contributed by atoms with Gasteiger partial charge in [-0.3, -0.25) is 0 Å². The van der Waals surface area contributed by atoms with Gasteiger partial charge in [-0.2, -0.15) is 17.5 Å². The second kappa shape index (κ2) is 6.14. The Morgan fingerprint density at radius 3 is 2.26 bits per heavy atom. The fraction of sp³-hybridized carbons (Fsp3) is 0.100. The minimum Gasteiger partial charge on any atom is -0.507 e. The van der Waals surface area contributed by atoms with Crippen LogP contribution in [0.2, 0.25) is 0 Å². The number of aliphatic carboxylic acids is 1. The summed E-state index contributed by atoms with van der Waals surface area (Å²) in [6.07, 6.45) is -3.60. The van der Waals surface area contributed by atoms with Gasteiger partial charge in [0.1, 0.15) is 17.1 Å². The molecule has 0 aliphatic carbocycles. The lowest BCUT2D eigenvalue weighted by Crippen LogP contribution is -2.21. The van der Waals surface area contributed by atoms with Gasteiger partial charge in [0.25, 0.3) is 0 Å². The van der Waals surface area contributed by atoms with Gasteiger partial charge in [-0.05, 0) is 23.7 Å². The third kappa shape index (κ3) is 4.54. The molecule has 0 saturated heterocycles. The molecule has 9 heteroatoms. The van der Waals surface area contributed by atoms with Crippen LogP contribution in [0.25, 0.3) is 10.6 Å². The van der Waals surface area contributed by atoms with E-state index in [0.29, 0.717) is 0 Å². The number of hydrogen-bond acceptors (Lipinski definition) is 5. The Morgan fingerprint density at radius 1 is 1.26 bits per heavy atom. The van der Waals surface area contributed by atoms with Gasteiger partial charge in [0.2, 0.25) is 0 Å². The molecular formula is C10H7F3N2O3S. The van der Waals surface area contributed by atoms with E-state index in [0.717, 1.165) is 10.6 Å². The highest BCUT2D eigenvalue weighted by Gasteiger charge is 2.38. The molecule has 0 spiro atoms. The maximum Gasteiger partial charge on any atom is 0.490 e. The van der Waals surface area contributed by atoms with Crippen LogP contribution in [0, 0.1) is 0 Å². The van der Waals surface area contributed by atoms with E-state index in [9.17, 15) is 18.3 Å². The number of carboxylic acid groups (broad SMARTS) is 1. The fourth-order valence-corrected chi connectivity index (χ4v) is 1.51. The highest BCUT2D eigenvalue weighted by atomic mass is 32.1. The lowest BCUT2D eigenvalue weighted by Gasteiger charge is -1.97. The van der Waals surface area contributed by atoms with Gasteiger partial charge in [-0.15, -0.1) is 0 Å². The summed E-state index contributed by atoms with van der Waals surface area (Å²) in [6.45, 7) is 0. The summed E-state index contributed by atoms with van der Waals surface area (Å²) < 4.78 is 35.6. The molecule has 2 aromatic rings. The topological polar surface area (TPSA) is 83.3 Å². The van der Waals surface area contributed by atoms with E-state index >= 15 is 0 Å². The molecule has 1 aromatic carbocycles. The van der Waals surface area contributed by atoms with Crippen molar-refractivity contribution in [3.63, 3.8) is 0 Å². The van der Waals surface area contributed by atoms with E-state index in [4.69, 9.17) is 9.90 Å². The molecule has 0 aliphatic heterocycles. The van der Waals surface area contributed by atoms with Crippen molar-refractivity contribution in [1.29, 1.82) is 0 Å². The monoisotopic (exact) mass is 292 g/mol. The van der Waals surface area contributed by atoms with Crippen molar-refractivity contribution in [2.75, 3.05) is 0 Å². The zero-order chi connectivity index (χ0) is 14.5. The number of nitrogens with zero attached hydrogens (tertiary/aromatic N) is 2. The molecule has 5 nitrogen and oxygen atoms in total. The highest BCUT2D eigenvalue weighted by molar-refractivity contribution is 7.09. The highest BCUT2D eigenvalue weighted by Crippen LogP contribution is 2.28. The zero-order valence-corrected chi connectivity index (χ0v) is 9.94. The normalized spacial score (nSPS) is 10.5. The minimum atomic E-state index is -5.08. The molecule has 0 bridgehead atoms. The summed E-state index contributed by atoms with van der Waals surface area (Å²) in [5.41, 5.74) is 0.736. The van der Waals surface area contributed by atoms with Crippen molar-refractivity contribution in [1.82, 2.24) is 9.36 Å². The molecule has 19 heavy (non-hydrogen) atoms. The fourth-order valence-electron chi connectivity index (χ4n) is 0.946. The number of hydrogen-bond donors (Lipinski definition) is 2. The van der Waals surface area contributed by atoms with Crippen LogP contribution in [0.4, 0.5) is 13.2 Å². The SMILES string of the molecule is O=C(O)C(F)(F)F.Oc1ccccc1-c1ncns1. The molecule has 1 aromatic heterocycles. The first-order chi connectivity index (χ1) is 8.82. The first kappa shape index (κ1) is 14.9. The minimum absolute atomic E-state index is 0.245. The van der Waals surface area contributed by atoms with Crippen LogP contribution >= 0.6 is 11.5 Å². The summed E-state index contributed by atoms with van der Waals surface area (Å²) in [5, 5.41) is 17.3. The van der Waals surface area contributed by atoms with Crippen LogP contribution in [0.5, 0.6) is 5.75 Å². The second-order valence-electron chi connectivity index (χ2n) is 3.07. The molecule has 1 heterocycles. The van der Waals surface area contributed by atoms with Crippen LogP contribution in [0.15, 0.2) is 30.6 Å². The second-order valence-corrected chi connectivity index (χ2v) is 3.85. The summed E-state index contributed by atoms with van der Waals surface area (Å²) >= 11 is 1.27. The Hall–Kier alpha value is -2.16. The predicted molar refractivity (Wildman–Crippen MR) is 60.7 cm³/mol. The van der Waals surface area contributed by atoms with Crippen LogP contribution < -0.4 is 0 Å². The lowest BCUT2D eigenvalue weighted by atomic mass is 10.2. The molecule has 102 valence electrons. The van der Waals surface area contributed by atoms with E-state index in [-0.39, 0.29) is 5.75 Å². The van der Waals surface area contributed by atoms with Gasteiger partial charge in [0.15, 0.2) is 0 Å². The van der Waals surface area contributed by atoms with Crippen molar-refractivity contribution in [2.45, 2.75) is 6.18 Å². The number of aromatic nitrogens is 2. The third-order valence-corrected chi connectivity index (χ3v) is 2.44. The Balaban J connectivity index is 0.000000224. The van der Waals surface area contributed by atoms with E-state index in [1.807, 2.05) is 12.1 Å². The predicted octanol–water partition coefficient (Wildman–Crippen LogP) is 2.54. The summed E-state index contributed by atoms with van der Waals surface area (Å²) in [4.78, 5) is 12.9. The van der Waals surface area contributed by atoms with Crippen molar-refractivity contribution < 1.29 is 28.2 Å².